The Kier molecular flexibility index (Phi) is 6.50. The maximum atomic E-state index is 12.8. The lowest BCUT2D eigenvalue weighted by molar-refractivity contribution is -0.137. The summed E-state index contributed by atoms with van der Waals surface area (Å²) in [5, 5.41) is 0.522. The fourth-order valence-corrected chi connectivity index (χ4v) is 4.76. The number of benzene rings is 2. The molecular formula is C25H21F3N4O3S. The number of rotatable bonds is 6. The summed E-state index contributed by atoms with van der Waals surface area (Å²) in [6.07, 6.45) is -2.10. The van der Waals surface area contributed by atoms with Crippen LogP contribution in [0.15, 0.2) is 59.5 Å². The third-order valence-electron chi connectivity index (χ3n) is 5.81. The van der Waals surface area contributed by atoms with Crippen molar-refractivity contribution < 1.29 is 22.6 Å². The highest BCUT2D eigenvalue weighted by molar-refractivity contribution is 7.13. The molecule has 11 heteroatoms. The maximum Gasteiger partial charge on any atom is 0.416 e. The molecular weight excluding hydrogens is 493 g/mol. The maximum absolute atomic E-state index is 12.8. The first-order valence-corrected chi connectivity index (χ1v) is 11.9. The van der Waals surface area contributed by atoms with E-state index in [2.05, 4.69) is 19.9 Å². The standard InChI is InChI=1S/C25H21F3N4O3S/c1-34-17-6-8-18(9-7-17)35-24-29-12-19(36-24)13-32-11-10-21-20(14-32)23(33)31-22(30-21)15-2-4-16(5-3-15)25(26,27)28/h2-9,12H,10-11,13-14H2,1H3,(H,30,31,33). The lowest BCUT2D eigenvalue weighted by atomic mass is 10.1. The van der Waals surface area contributed by atoms with Crippen LogP contribution >= 0.6 is 11.3 Å². The summed E-state index contributed by atoms with van der Waals surface area (Å²) in [7, 11) is 1.60. The van der Waals surface area contributed by atoms with Crippen LogP contribution in [0.1, 0.15) is 21.7 Å². The number of nitrogens with zero attached hydrogens (tertiary/aromatic N) is 3. The van der Waals surface area contributed by atoms with E-state index in [-0.39, 0.29) is 11.4 Å². The molecule has 0 atom stereocenters. The summed E-state index contributed by atoms with van der Waals surface area (Å²) < 4.78 is 49.5. The van der Waals surface area contributed by atoms with Crippen LogP contribution in [0.25, 0.3) is 11.4 Å². The van der Waals surface area contributed by atoms with Crippen molar-refractivity contribution in [3.63, 3.8) is 0 Å². The summed E-state index contributed by atoms with van der Waals surface area (Å²) in [4.78, 5) is 27.5. The molecule has 0 bridgehead atoms. The minimum atomic E-state index is -4.42. The van der Waals surface area contributed by atoms with Crippen molar-refractivity contribution in [2.45, 2.75) is 25.7 Å². The fourth-order valence-electron chi connectivity index (χ4n) is 3.94. The van der Waals surface area contributed by atoms with E-state index in [0.717, 1.165) is 22.8 Å². The van der Waals surface area contributed by atoms with Gasteiger partial charge >= 0.3 is 6.18 Å². The molecule has 1 N–H and O–H groups in total. The van der Waals surface area contributed by atoms with E-state index in [1.165, 1.54) is 23.5 Å². The number of aromatic nitrogens is 3. The molecule has 0 radical (unpaired) electrons. The van der Waals surface area contributed by atoms with Gasteiger partial charge in [0.1, 0.15) is 17.3 Å². The average Bonchev–Trinajstić information content (AvgIpc) is 3.31. The zero-order valence-electron chi connectivity index (χ0n) is 19.1. The van der Waals surface area contributed by atoms with Gasteiger partial charge in [0, 0.05) is 42.7 Å². The van der Waals surface area contributed by atoms with Gasteiger partial charge in [0.2, 0.25) is 0 Å². The van der Waals surface area contributed by atoms with Gasteiger partial charge in [0.15, 0.2) is 0 Å². The highest BCUT2D eigenvalue weighted by atomic mass is 32.1. The molecule has 4 aromatic rings. The molecule has 36 heavy (non-hydrogen) atoms. The number of aromatic amines is 1. The number of hydrogen-bond acceptors (Lipinski definition) is 7. The van der Waals surface area contributed by atoms with Crippen molar-refractivity contribution in [3.8, 4) is 28.1 Å². The number of methoxy groups -OCH3 is 1. The molecule has 0 saturated heterocycles. The molecule has 2 aromatic heterocycles. The van der Waals surface area contributed by atoms with Gasteiger partial charge < -0.3 is 14.5 Å². The van der Waals surface area contributed by atoms with Gasteiger partial charge in [0.05, 0.1) is 23.9 Å². The normalized spacial score (nSPS) is 13.9. The quantitative estimate of drug-likeness (QED) is 0.378. The Morgan fingerprint density at radius 1 is 1.08 bits per heavy atom. The van der Waals surface area contributed by atoms with Crippen LogP contribution in [0.4, 0.5) is 13.2 Å². The molecule has 0 fully saturated rings. The molecule has 186 valence electrons. The predicted molar refractivity (Wildman–Crippen MR) is 128 cm³/mol. The van der Waals surface area contributed by atoms with Gasteiger partial charge in [-0.15, -0.1) is 0 Å². The van der Waals surface area contributed by atoms with Gasteiger partial charge in [-0.1, -0.05) is 23.5 Å². The summed E-state index contributed by atoms with van der Waals surface area (Å²) in [6.45, 7) is 1.70. The van der Waals surface area contributed by atoms with E-state index in [4.69, 9.17) is 9.47 Å². The van der Waals surface area contributed by atoms with Crippen LogP contribution in [0.3, 0.4) is 0 Å². The van der Waals surface area contributed by atoms with Gasteiger partial charge in [0.25, 0.3) is 10.8 Å². The minimum absolute atomic E-state index is 0.267. The molecule has 2 aromatic carbocycles. The topological polar surface area (TPSA) is 80.3 Å². The van der Waals surface area contributed by atoms with Crippen molar-refractivity contribution in [3.05, 3.63) is 86.8 Å². The number of halogens is 3. The third kappa shape index (κ3) is 5.26. The molecule has 0 spiro atoms. The number of fused-ring (bicyclic) bond motifs is 1. The second-order valence-corrected chi connectivity index (χ2v) is 9.32. The van der Waals surface area contributed by atoms with Crippen molar-refractivity contribution >= 4 is 11.3 Å². The van der Waals surface area contributed by atoms with Crippen LogP contribution in [-0.2, 0) is 25.7 Å². The van der Waals surface area contributed by atoms with Gasteiger partial charge in [-0.25, -0.2) is 9.97 Å². The van der Waals surface area contributed by atoms with Crippen molar-refractivity contribution in [1.29, 1.82) is 0 Å². The van der Waals surface area contributed by atoms with Crippen LogP contribution in [0.5, 0.6) is 16.7 Å². The van der Waals surface area contributed by atoms with Crippen molar-refractivity contribution in [2.24, 2.45) is 0 Å². The number of H-pyrrole nitrogens is 1. The molecule has 0 aliphatic carbocycles. The van der Waals surface area contributed by atoms with E-state index < -0.39 is 11.7 Å². The highest BCUT2D eigenvalue weighted by Gasteiger charge is 2.30. The number of hydrogen-bond donors (Lipinski definition) is 1. The van der Waals surface area contributed by atoms with Crippen LogP contribution in [0.2, 0.25) is 0 Å². The molecule has 0 amide bonds. The SMILES string of the molecule is COc1ccc(Oc2ncc(CN3CCc4nc(-c5ccc(C(F)(F)F)cc5)[nH]c(=O)c4C3)s2)cc1. The van der Waals surface area contributed by atoms with E-state index in [1.807, 2.05) is 12.1 Å². The number of thiazole rings is 1. The smallest absolute Gasteiger partial charge is 0.416 e. The second kappa shape index (κ2) is 9.75. The minimum Gasteiger partial charge on any atom is -0.497 e. The fraction of sp³-hybridized carbons (Fsp3) is 0.240. The largest absolute Gasteiger partial charge is 0.497 e. The molecule has 0 saturated carbocycles. The van der Waals surface area contributed by atoms with E-state index in [9.17, 15) is 18.0 Å². The molecule has 7 nitrogen and oxygen atoms in total. The summed E-state index contributed by atoms with van der Waals surface area (Å²) in [6, 6.07) is 11.8. The second-order valence-electron chi connectivity index (χ2n) is 8.25. The number of alkyl halides is 3. The van der Waals surface area contributed by atoms with Crippen LogP contribution < -0.4 is 15.0 Å². The van der Waals surface area contributed by atoms with E-state index in [0.29, 0.717) is 53.8 Å². The highest BCUT2D eigenvalue weighted by Crippen LogP contribution is 2.31. The molecule has 3 heterocycles. The summed E-state index contributed by atoms with van der Waals surface area (Å²) >= 11 is 1.43. The van der Waals surface area contributed by atoms with Crippen LogP contribution in [-0.4, -0.2) is 33.5 Å². The zero-order valence-corrected chi connectivity index (χ0v) is 19.9. The Morgan fingerprint density at radius 3 is 2.50 bits per heavy atom. The Labute approximate surface area is 208 Å². The Hall–Kier alpha value is -3.70. The summed E-state index contributed by atoms with van der Waals surface area (Å²) in [5.41, 5.74) is 0.628. The van der Waals surface area contributed by atoms with Crippen LogP contribution in [0, 0.1) is 0 Å². The molecule has 0 unspecified atom stereocenters. The van der Waals surface area contributed by atoms with E-state index >= 15 is 0 Å². The average molecular weight is 515 g/mol. The lowest BCUT2D eigenvalue weighted by Crippen LogP contribution is -2.35. The predicted octanol–water partition coefficient (Wildman–Crippen LogP) is 5.27. The molecule has 1 aliphatic rings. The Morgan fingerprint density at radius 2 is 1.81 bits per heavy atom. The zero-order chi connectivity index (χ0) is 25.3. The summed E-state index contributed by atoms with van der Waals surface area (Å²) in [5.74, 6) is 1.66. The number of nitrogens with one attached hydrogen (secondary N) is 1. The van der Waals surface area contributed by atoms with Crippen molar-refractivity contribution in [2.75, 3.05) is 13.7 Å². The number of ether oxygens (including phenoxy) is 2. The third-order valence-corrected chi connectivity index (χ3v) is 6.67. The molecule has 1 aliphatic heterocycles. The van der Waals surface area contributed by atoms with Gasteiger partial charge in [-0.05, 0) is 36.4 Å². The Bertz CT molecular complexity index is 1420. The lowest BCUT2D eigenvalue weighted by Gasteiger charge is -2.27. The molecule has 5 rings (SSSR count). The Balaban J connectivity index is 1.25. The first-order chi connectivity index (χ1) is 17.3. The monoisotopic (exact) mass is 514 g/mol. The van der Waals surface area contributed by atoms with E-state index in [1.54, 1.807) is 25.4 Å². The first-order valence-electron chi connectivity index (χ1n) is 11.1. The van der Waals surface area contributed by atoms with Crippen molar-refractivity contribution in [1.82, 2.24) is 19.9 Å². The van der Waals surface area contributed by atoms with Gasteiger partial charge in [-0.2, -0.15) is 13.2 Å². The first kappa shape index (κ1) is 24.0. The van der Waals surface area contributed by atoms with Gasteiger partial charge in [-0.3, -0.25) is 9.69 Å².